The van der Waals surface area contributed by atoms with E-state index in [1.54, 1.807) is 6.07 Å². The molecule has 1 amide bonds. The molecule has 0 aliphatic heterocycles. The lowest BCUT2D eigenvalue weighted by molar-refractivity contribution is -0.133. The lowest BCUT2D eigenvalue weighted by Crippen LogP contribution is -2.50. The van der Waals surface area contributed by atoms with Crippen molar-refractivity contribution in [2.75, 3.05) is 0 Å². The van der Waals surface area contributed by atoms with E-state index in [4.69, 9.17) is 11.1 Å². The van der Waals surface area contributed by atoms with Gasteiger partial charge in [0.05, 0.1) is 29.1 Å². The van der Waals surface area contributed by atoms with Crippen molar-refractivity contribution in [1.29, 1.82) is 5.41 Å². The number of phenolic OH excluding ortho intramolecular Hbond substituents is 1. The Kier molecular flexibility index (Phi) is 4.42. The number of carbonyl (C=O) groups excluding carboxylic acids is 3. The highest BCUT2D eigenvalue weighted by atomic mass is 16.3. The van der Waals surface area contributed by atoms with Crippen LogP contribution < -0.4 is 5.73 Å². The van der Waals surface area contributed by atoms with Gasteiger partial charge in [-0.2, -0.15) is 0 Å². The topological polar surface area (TPSA) is 188 Å². The van der Waals surface area contributed by atoms with Crippen molar-refractivity contribution in [3.8, 4) is 17.0 Å². The number of aromatic nitrogens is 2. The van der Waals surface area contributed by atoms with E-state index in [1.165, 1.54) is 24.7 Å². The van der Waals surface area contributed by atoms with E-state index < -0.39 is 58.0 Å². The van der Waals surface area contributed by atoms with Gasteiger partial charge < -0.3 is 26.5 Å². The highest BCUT2D eigenvalue weighted by Crippen LogP contribution is 2.50. The molecule has 3 unspecified atom stereocenters. The van der Waals surface area contributed by atoms with Crippen molar-refractivity contribution in [2.24, 2.45) is 23.5 Å². The Bertz CT molecular complexity index is 1340. The first-order valence-corrected chi connectivity index (χ1v) is 10.2. The summed E-state index contributed by atoms with van der Waals surface area (Å²) in [5, 5.41) is 40.1. The van der Waals surface area contributed by atoms with Gasteiger partial charge in [-0.15, -0.1) is 0 Å². The Morgan fingerprint density at radius 1 is 1.09 bits per heavy atom. The van der Waals surface area contributed by atoms with Gasteiger partial charge in [-0.05, 0) is 36.5 Å². The van der Waals surface area contributed by atoms with Crippen LogP contribution in [-0.4, -0.2) is 48.5 Å². The van der Waals surface area contributed by atoms with Gasteiger partial charge in [0.15, 0.2) is 17.3 Å². The minimum absolute atomic E-state index is 0.0401. The number of rotatable bonds is 2. The monoisotopic (exact) mass is 446 g/mol. The summed E-state index contributed by atoms with van der Waals surface area (Å²) in [7, 11) is 0. The molecule has 10 heteroatoms. The predicted octanol–water partition coefficient (Wildman–Crippen LogP) is 1.40. The summed E-state index contributed by atoms with van der Waals surface area (Å²) < 4.78 is 0. The average Bonchev–Trinajstić information content (AvgIpc) is 2.77. The van der Waals surface area contributed by atoms with Gasteiger partial charge in [0.2, 0.25) is 0 Å². The van der Waals surface area contributed by atoms with Gasteiger partial charge in [-0.1, -0.05) is 0 Å². The maximum atomic E-state index is 13.4. The second-order valence-corrected chi connectivity index (χ2v) is 8.29. The molecule has 33 heavy (non-hydrogen) atoms. The molecule has 3 aliphatic rings. The van der Waals surface area contributed by atoms with Crippen LogP contribution in [0.3, 0.4) is 0 Å². The smallest absolute Gasteiger partial charge is 0.256 e. The number of benzene rings is 1. The largest absolute Gasteiger partial charge is 0.507 e. The molecule has 1 heterocycles. The molecule has 1 aromatic heterocycles. The van der Waals surface area contributed by atoms with Gasteiger partial charge >= 0.3 is 0 Å². The molecule has 1 fully saturated rings. The van der Waals surface area contributed by atoms with E-state index in [-0.39, 0.29) is 29.7 Å². The maximum absolute atomic E-state index is 13.4. The van der Waals surface area contributed by atoms with Crippen LogP contribution in [0.1, 0.15) is 17.5 Å². The number of nitrogens with one attached hydrogen (secondary N) is 1. The number of aliphatic hydroxyl groups excluding tert-OH is 2. The maximum Gasteiger partial charge on any atom is 0.256 e. The highest BCUT2D eigenvalue weighted by Gasteiger charge is 2.54. The molecule has 2 aromatic rings. The number of allylic oxidation sites excluding steroid dienone is 2. The van der Waals surface area contributed by atoms with Crippen molar-refractivity contribution in [3.05, 3.63) is 58.8 Å². The molecule has 1 saturated carbocycles. The fraction of sp³-hybridized carbons (Fsp3) is 0.217. The van der Waals surface area contributed by atoms with E-state index in [2.05, 4.69) is 9.97 Å². The number of fused-ring (bicyclic) bond motifs is 3. The van der Waals surface area contributed by atoms with Crippen LogP contribution >= 0.6 is 0 Å². The Labute approximate surface area is 186 Å². The third kappa shape index (κ3) is 2.80. The standard InChI is InChI=1S/C23H18N4O6/c24-18-11-6-8-5-10-9(12-7-26-3-4-27-12)1-2-13(28)15(10)19(29)14(8)20(30)16(11)21(31)17(22(18)32)23(25)33/h1-4,7-8,11,16,24,28-29,32H,5-6H2,(H2,25,33). The van der Waals surface area contributed by atoms with Gasteiger partial charge in [-0.3, -0.25) is 24.4 Å². The zero-order chi connectivity index (χ0) is 23.6. The molecule has 3 atom stereocenters. The Balaban J connectivity index is 1.68. The molecular formula is C23H18N4O6. The highest BCUT2D eigenvalue weighted by molar-refractivity contribution is 6.33. The first kappa shape index (κ1) is 20.6. The quantitative estimate of drug-likeness (QED) is 0.338. The zero-order valence-corrected chi connectivity index (χ0v) is 17.1. The number of hydrogen-bond acceptors (Lipinski definition) is 9. The second kappa shape index (κ2) is 7.09. The molecule has 0 saturated heterocycles. The third-order valence-electron chi connectivity index (χ3n) is 6.61. The average molecular weight is 446 g/mol. The number of aromatic hydroxyl groups is 1. The van der Waals surface area contributed by atoms with E-state index in [9.17, 15) is 29.7 Å². The first-order valence-electron chi connectivity index (χ1n) is 10.2. The lowest BCUT2D eigenvalue weighted by atomic mass is 9.60. The van der Waals surface area contributed by atoms with Gasteiger partial charge in [0.25, 0.3) is 5.91 Å². The van der Waals surface area contributed by atoms with Crippen LogP contribution in [0.5, 0.6) is 5.75 Å². The third-order valence-corrected chi connectivity index (χ3v) is 6.61. The van der Waals surface area contributed by atoms with Crippen molar-refractivity contribution in [2.45, 2.75) is 12.8 Å². The molecular weight excluding hydrogens is 428 g/mol. The number of carbonyl (C=O) groups is 3. The van der Waals surface area contributed by atoms with Crippen molar-refractivity contribution in [3.63, 3.8) is 0 Å². The minimum atomic E-state index is -1.45. The summed E-state index contributed by atoms with van der Waals surface area (Å²) in [5.41, 5.74) is 5.73. The molecule has 6 N–H and O–H groups in total. The zero-order valence-electron chi connectivity index (χ0n) is 17.1. The molecule has 166 valence electrons. The molecule has 10 nitrogen and oxygen atoms in total. The van der Waals surface area contributed by atoms with Crippen molar-refractivity contribution >= 4 is 28.9 Å². The predicted molar refractivity (Wildman–Crippen MR) is 114 cm³/mol. The van der Waals surface area contributed by atoms with Crippen LogP contribution in [0.15, 0.2) is 47.6 Å². The Morgan fingerprint density at radius 3 is 2.52 bits per heavy atom. The number of aliphatic hydroxyl groups is 2. The van der Waals surface area contributed by atoms with Gasteiger partial charge in [-0.25, -0.2) is 0 Å². The number of amides is 1. The fourth-order valence-corrected chi connectivity index (χ4v) is 5.19. The number of phenols is 1. The Hall–Kier alpha value is -4.34. The number of ketones is 2. The van der Waals surface area contributed by atoms with Crippen LogP contribution in [0.4, 0.5) is 0 Å². The number of hydrogen-bond donors (Lipinski definition) is 5. The normalized spacial score (nSPS) is 24.4. The van der Waals surface area contributed by atoms with Crippen LogP contribution in [0.2, 0.25) is 0 Å². The van der Waals surface area contributed by atoms with E-state index in [0.717, 1.165) is 0 Å². The molecule has 1 aromatic carbocycles. The summed E-state index contributed by atoms with van der Waals surface area (Å²) in [4.78, 5) is 46.4. The van der Waals surface area contributed by atoms with E-state index >= 15 is 0 Å². The SMILES string of the molecule is N=C1C(O)=C(C(N)=O)C(=O)C2C(=O)C3=C(O)c4c(O)ccc(-c5cnccn5)c4CC3CC12. The van der Waals surface area contributed by atoms with E-state index in [1.807, 2.05) is 0 Å². The summed E-state index contributed by atoms with van der Waals surface area (Å²) in [6, 6.07) is 3.02. The van der Waals surface area contributed by atoms with E-state index in [0.29, 0.717) is 16.8 Å². The second-order valence-electron chi connectivity index (χ2n) is 8.29. The number of primary amides is 1. The number of nitrogens with two attached hydrogens (primary N) is 1. The van der Waals surface area contributed by atoms with Crippen molar-refractivity contribution in [1.82, 2.24) is 9.97 Å². The first-order chi connectivity index (χ1) is 15.7. The summed E-state index contributed by atoms with van der Waals surface area (Å²) in [5.74, 6) is -7.44. The molecule has 5 rings (SSSR count). The number of nitrogens with zero attached hydrogens (tertiary/aromatic N) is 2. The van der Waals surface area contributed by atoms with Crippen molar-refractivity contribution < 1.29 is 29.7 Å². The Morgan fingerprint density at radius 2 is 1.85 bits per heavy atom. The summed E-state index contributed by atoms with van der Waals surface area (Å²) >= 11 is 0. The molecule has 0 bridgehead atoms. The van der Waals surface area contributed by atoms with Crippen LogP contribution in [-0.2, 0) is 20.8 Å². The van der Waals surface area contributed by atoms with Crippen LogP contribution in [0, 0.1) is 23.2 Å². The summed E-state index contributed by atoms with van der Waals surface area (Å²) in [6.45, 7) is 0. The fourth-order valence-electron chi connectivity index (χ4n) is 5.19. The minimum Gasteiger partial charge on any atom is -0.507 e. The van der Waals surface area contributed by atoms with Gasteiger partial charge in [0, 0.05) is 29.4 Å². The number of Topliss-reactive ketones (excluding diaryl/α,β-unsaturated/α-hetero) is 2. The van der Waals surface area contributed by atoms with Gasteiger partial charge in [0.1, 0.15) is 17.1 Å². The molecule has 3 aliphatic carbocycles. The summed E-state index contributed by atoms with van der Waals surface area (Å²) in [6.07, 6.45) is 4.88. The molecule has 0 spiro atoms. The molecule has 0 radical (unpaired) electrons. The van der Waals surface area contributed by atoms with Crippen LogP contribution in [0.25, 0.3) is 17.0 Å². The lowest BCUT2D eigenvalue weighted by Gasteiger charge is -2.41.